The maximum absolute atomic E-state index is 13.5. The predicted octanol–water partition coefficient (Wildman–Crippen LogP) is 8.45. The summed E-state index contributed by atoms with van der Waals surface area (Å²) in [5, 5.41) is 18.5. The van der Waals surface area contributed by atoms with Crippen molar-refractivity contribution in [2.75, 3.05) is 69.7 Å². The summed E-state index contributed by atoms with van der Waals surface area (Å²) in [4.78, 5) is 30.9. The predicted molar refractivity (Wildman–Crippen MR) is 225 cm³/mol. The fourth-order valence-electron chi connectivity index (χ4n) is 5.93. The molecule has 14 heteroatoms. The van der Waals surface area contributed by atoms with E-state index in [-0.39, 0.29) is 11.8 Å². The molecule has 0 saturated carbocycles. The molecule has 0 radical (unpaired) electrons. The lowest BCUT2D eigenvalue weighted by Crippen LogP contribution is -2.27. The van der Waals surface area contributed by atoms with Gasteiger partial charge in [-0.25, -0.2) is 14.5 Å². The molecule has 2 heterocycles. The van der Waals surface area contributed by atoms with E-state index in [1.807, 2.05) is 73.7 Å². The number of methoxy groups -OCH3 is 2. The monoisotopic (exact) mass is 787 g/mol. The van der Waals surface area contributed by atoms with Gasteiger partial charge in [-0.1, -0.05) is 55.8 Å². The molecular formula is C44H49N7O7. The summed E-state index contributed by atoms with van der Waals surface area (Å²) in [5.74, 6) is 2.55. The number of carbonyl (C=O) groups excluding carboxylic acids is 2. The highest BCUT2D eigenvalue weighted by molar-refractivity contribution is 6.07. The lowest BCUT2D eigenvalue weighted by molar-refractivity contribution is 0.0255. The number of pyridine rings is 1. The van der Waals surface area contributed by atoms with Crippen LogP contribution in [-0.2, 0) is 14.2 Å². The first-order valence-electron chi connectivity index (χ1n) is 19.0. The number of hydrogen-bond donors (Lipinski definition) is 4. The van der Waals surface area contributed by atoms with E-state index in [4.69, 9.17) is 28.8 Å². The minimum Gasteiger partial charge on any atom is -0.497 e. The molecule has 6 aromatic rings. The van der Waals surface area contributed by atoms with Crippen molar-refractivity contribution in [1.82, 2.24) is 20.1 Å². The number of carbonyl (C=O) groups is 2. The average molecular weight is 788 g/mol. The molecule has 0 atom stereocenters. The first kappa shape index (κ1) is 41.2. The van der Waals surface area contributed by atoms with Gasteiger partial charge in [0.15, 0.2) is 0 Å². The molecule has 58 heavy (non-hydrogen) atoms. The number of amides is 3. The van der Waals surface area contributed by atoms with E-state index in [1.54, 1.807) is 48.3 Å². The highest BCUT2D eigenvalue weighted by Gasteiger charge is 2.17. The van der Waals surface area contributed by atoms with Crippen molar-refractivity contribution in [3.63, 3.8) is 0 Å². The van der Waals surface area contributed by atoms with Crippen LogP contribution in [0.1, 0.15) is 41.4 Å². The molecule has 3 amide bonds. The maximum atomic E-state index is 13.5. The molecule has 0 spiro atoms. The van der Waals surface area contributed by atoms with E-state index in [0.29, 0.717) is 85.4 Å². The van der Waals surface area contributed by atoms with Crippen molar-refractivity contribution in [1.29, 1.82) is 0 Å². The van der Waals surface area contributed by atoms with Crippen LogP contribution >= 0.6 is 0 Å². The second kappa shape index (κ2) is 20.1. The number of nitrogens with one attached hydrogen (secondary N) is 4. The fourth-order valence-corrected chi connectivity index (χ4v) is 5.93. The standard InChI is InChI=1S/C44H49N7O7/c1-29(2)39-28-42(51(50-39)33-12-10-30(3)11-13-33)49-44(53)48-38-14-15-40(37-9-7-6-8-36(37)38)58-34-16-17-45-41(27-34)47-32-24-31(25-35(26-32)55-5)43(52)46-18-19-56-22-23-57-21-20-54-4/h6-17,24-29H,18-23H2,1-5H3,(H,45,47)(H,46,52)(H2,48,49,53). The number of ether oxygens (including phenoxy) is 5. The Bertz CT molecular complexity index is 2310. The summed E-state index contributed by atoms with van der Waals surface area (Å²) in [6.45, 7) is 8.74. The van der Waals surface area contributed by atoms with Crippen molar-refractivity contribution in [2.45, 2.75) is 26.7 Å². The second-order valence-corrected chi connectivity index (χ2v) is 13.6. The normalized spacial score (nSPS) is 11.1. The SMILES string of the molecule is COCCOCCOCCNC(=O)c1cc(Nc2cc(Oc3ccc(NC(=O)Nc4cc(C(C)C)nn4-c4ccc(C)cc4)c4ccccc34)ccn2)cc(OC)c1. The van der Waals surface area contributed by atoms with Gasteiger partial charge in [-0.05, 0) is 55.3 Å². The number of fused-ring (bicyclic) bond motifs is 1. The van der Waals surface area contributed by atoms with E-state index in [0.717, 1.165) is 27.7 Å². The number of rotatable bonds is 19. The zero-order valence-electron chi connectivity index (χ0n) is 33.3. The number of urea groups is 1. The van der Waals surface area contributed by atoms with Crippen molar-refractivity contribution >= 4 is 45.7 Å². The van der Waals surface area contributed by atoms with Crippen LogP contribution in [0.3, 0.4) is 0 Å². The Morgan fingerprint density at radius 3 is 2.29 bits per heavy atom. The highest BCUT2D eigenvalue weighted by atomic mass is 16.5. The van der Waals surface area contributed by atoms with Gasteiger partial charge >= 0.3 is 6.03 Å². The Morgan fingerprint density at radius 2 is 1.53 bits per heavy atom. The van der Waals surface area contributed by atoms with Gasteiger partial charge in [0.25, 0.3) is 5.91 Å². The number of hydrogen-bond acceptors (Lipinski definition) is 10. The molecule has 0 saturated heterocycles. The molecule has 0 aliphatic carbocycles. The molecule has 0 aliphatic rings. The molecule has 2 aromatic heterocycles. The summed E-state index contributed by atoms with van der Waals surface area (Å²) in [6.07, 6.45) is 1.63. The lowest BCUT2D eigenvalue weighted by atomic mass is 10.1. The molecule has 0 bridgehead atoms. The van der Waals surface area contributed by atoms with Gasteiger partial charge in [-0.2, -0.15) is 5.10 Å². The van der Waals surface area contributed by atoms with Crippen LogP contribution in [0.25, 0.3) is 16.5 Å². The average Bonchev–Trinajstić information content (AvgIpc) is 3.65. The van der Waals surface area contributed by atoms with Gasteiger partial charge in [-0.3, -0.25) is 10.1 Å². The largest absolute Gasteiger partial charge is 0.497 e. The molecular weight excluding hydrogens is 739 g/mol. The smallest absolute Gasteiger partial charge is 0.324 e. The number of aromatic nitrogens is 3. The van der Waals surface area contributed by atoms with Crippen molar-refractivity contribution < 1.29 is 33.3 Å². The third-order valence-corrected chi connectivity index (χ3v) is 8.94. The summed E-state index contributed by atoms with van der Waals surface area (Å²) in [6, 6.07) is 29.4. The molecule has 0 fully saturated rings. The molecule has 6 rings (SSSR count). The third-order valence-electron chi connectivity index (χ3n) is 8.94. The molecule has 4 aromatic carbocycles. The quantitative estimate of drug-likeness (QED) is 0.0587. The van der Waals surface area contributed by atoms with E-state index < -0.39 is 6.03 Å². The summed E-state index contributed by atoms with van der Waals surface area (Å²) < 4.78 is 29.5. The summed E-state index contributed by atoms with van der Waals surface area (Å²) in [7, 11) is 3.16. The third kappa shape index (κ3) is 11.1. The molecule has 0 unspecified atom stereocenters. The Morgan fingerprint density at radius 1 is 0.776 bits per heavy atom. The molecule has 4 N–H and O–H groups in total. The van der Waals surface area contributed by atoms with Crippen molar-refractivity contribution in [3.05, 3.63) is 120 Å². The fraction of sp³-hybridized carbons (Fsp3) is 0.273. The van der Waals surface area contributed by atoms with Gasteiger partial charge in [0.1, 0.15) is 28.9 Å². The van der Waals surface area contributed by atoms with Crippen LogP contribution in [0.4, 0.5) is 27.8 Å². The minimum atomic E-state index is -0.407. The number of benzene rings is 4. The molecule has 302 valence electrons. The number of anilines is 4. The topological polar surface area (TPSA) is 159 Å². The second-order valence-electron chi connectivity index (χ2n) is 13.6. The Hall–Kier alpha value is -6.48. The summed E-state index contributed by atoms with van der Waals surface area (Å²) >= 11 is 0. The van der Waals surface area contributed by atoms with Crippen LogP contribution in [0.15, 0.2) is 103 Å². The zero-order chi connectivity index (χ0) is 40.9. The van der Waals surface area contributed by atoms with Crippen LogP contribution < -0.4 is 30.7 Å². The van der Waals surface area contributed by atoms with Crippen LogP contribution in [0.2, 0.25) is 0 Å². The lowest BCUT2D eigenvalue weighted by Gasteiger charge is -2.15. The number of aryl methyl sites for hydroxylation is 1. The van der Waals surface area contributed by atoms with Gasteiger partial charge in [-0.15, -0.1) is 0 Å². The first-order chi connectivity index (χ1) is 28.2. The van der Waals surface area contributed by atoms with Crippen molar-refractivity contribution in [3.8, 4) is 22.9 Å². The summed E-state index contributed by atoms with van der Waals surface area (Å²) in [5.41, 5.74) is 4.45. The van der Waals surface area contributed by atoms with Gasteiger partial charge in [0.2, 0.25) is 0 Å². The van der Waals surface area contributed by atoms with Crippen molar-refractivity contribution in [2.24, 2.45) is 0 Å². The maximum Gasteiger partial charge on any atom is 0.324 e. The first-order valence-corrected chi connectivity index (χ1v) is 19.0. The van der Waals surface area contributed by atoms with E-state index in [2.05, 4.69) is 40.1 Å². The van der Waals surface area contributed by atoms with E-state index in [1.165, 1.54) is 7.11 Å². The Labute approximate surface area is 337 Å². The van der Waals surface area contributed by atoms with E-state index >= 15 is 0 Å². The van der Waals surface area contributed by atoms with Gasteiger partial charge < -0.3 is 39.6 Å². The molecule has 14 nitrogen and oxygen atoms in total. The number of nitrogens with zero attached hydrogens (tertiary/aromatic N) is 3. The Kier molecular flexibility index (Phi) is 14.3. The molecule has 0 aliphatic heterocycles. The van der Waals surface area contributed by atoms with Crippen LogP contribution in [0.5, 0.6) is 17.2 Å². The minimum absolute atomic E-state index is 0.173. The van der Waals surface area contributed by atoms with Crippen LogP contribution in [-0.4, -0.2) is 80.5 Å². The van der Waals surface area contributed by atoms with Crippen LogP contribution in [0, 0.1) is 6.92 Å². The highest BCUT2D eigenvalue weighted by Crippen LogP contribution is 2.35. The van der Waals surface area contributed by atoms with E-state index in [9.17, 15) is 9.59 Å². The Balaban J connectivity index is 1.11. The van der Waals surface area contributed by atoms with Gasteiger partial charge in [0.05, 0.1) is 57.2 Å². The zero-order valence-corrected chi connectivity index (χ0v) is 33.3. The van der Waals surface area contributed by atoms with Gasteiger partial charge in [0, 0.05) is 60.1 Å².